The van der Waals surface area contributed by atoms with E-state index in [0.29, 0.717) is 0 Å². The summed E-state index contributed by atoms with van der Waals surface area (Å²) in [7, 11) is 0. The molecule has 0 heterocycles. The molecule has 0 amide bonds. The van der Waals surface area contributed by atoms with Crippen LogP contribution in [0.1, 0.15) is 0 Å². The van der Waals surface area contributed by atoms with E-state index in [1.807, 2.05) is 0 Å². The fraction of sp³-hybridized carbons (Fsp3) is 0.333. The van der Waals surface area contributed by atoms with E-state index in [-0.39, 0.29) is 6.54 Å². The van der Waals surface area contributed by atoms with Gasteiger partial charge < -0.3 is 5.73 Å². The standard InChI is InChI=1S/C3H4N2O/c4-1-3(6)2-5/h1,4H2. The number of nitrogens with zero attached hydrogens (tertiary/aromatic N) is 1. The minimum atomic E-state index is -0.574. The van der Waals surface area contributed by atoms with Crippen LogP contribution in [0.5, 0.6) is 0 Å². The highest BCUT2D eigenvalue weighted by Crippen LogP contribution is 1.53. The molecule has 0 aliphatic heterocycles. The van der Waals surface area contributed by atoms with Crippen molar-refractivity contribution in [1.82, 2.24) is 0 Å². The first-order chi connectivity index (χ1) is 2.81. The highest BCUT2D eigenvalue weighted by atomic mass is 16.1. The van der Waals surface area contributed by atoms with Gasteiger partial charge in [-0.3, -0.25) is 4.79 Å². The number of ketones is 1. The van der Waals surface area contributed by atoms with Crippen LogP contribution >= 0.6 is 0 Å². The van der Waals surface area contributed by atoms with Gasteiger partial charge in [0.05, 0.1) is 6.54 Å². The van der Waals surface area contributed by atoms with Gasteiger partial charge in [-0.25, -0.2) is 0 Å². The lowest BCUT2D eigenvalue weighted by atomic mass is 10.5. The molecular weight excluding hydrogens is 80.0 g/mol. The van der Waals surface area contributed by atoms with Crippen LogP contribution in [-0.4, -0.2) is 12.3 Å². The van der Waals surface area contributed by atoms with Crippen LogP contribution in [0.3, 0.4) is 0 Å². The highest BCUT2D eigenvalue weighted by molar-refractivity contribution is 5.94. The average Bonchev–Trinajstić information content (AvgIpc) is 1.65. The Labute approximate surface area is 35.4 Å². The van der Waals surface area contributed by atoms with Gasteiger partial charge in [-0.05, 0) is 0 Å². The largest absolute Gasteiger partial charge is 0.323 e. The smallest absolute Gasteiger partial charge is 0.245 e. The second kappa shape index (κ2) is 2.36. The Morgan fingerprint density at radius 3 is 2.50 bits per heavy atom. The average molecular weight is 84.1 g/mol. The number of rotatable bonds is 1. The fourth-order valence-electron chi connectivity index (χ4n) is 0.0456. The highest BCUT2D eigenvalue weighted by Gasteiger charge is 1.87. The maximum Gasteiger partial charge on any atom is 0.245 e. The van der Waals surface area contributed by atoms with E-state index < -0.39 is 5.78 Å². The van der Waals surface area contributed by atoms with E-state index in [1.165, 1.54) is 6.07 Å². The number of nitriles is 1. The van der Waals surface area contributed by atoms with Crippen molar-refractivity contribution in [3.63, 3.8) is 0 Å². The van der Waals surface area contributed by atoms with Gasteiger partial charge in [0.15, 0.2) is 0 Å². The van der Waals surface area contributed by atoms with Gasteiger partial charge in [0.25, 0.3) is 0 Å². The zero-order chi connectivity index (χ0) is 4.99. The molecule has 0 fully saturated rings. The molecule has 0 spiro atoms. The van der Waals surface area contributed by atoms with Gasteiger partial charge >= 0.3 is 0 Å². The fourth-order valence-corrected chi connectivity index (χ4v) is 0.0456. The SMILES string of the molecule is N#CC(=O)CN. The first kappa shape index (κ1) is 5.12. The summed E-state index contributed by atoms with van der Waals surface area (Å²) in [6, 6.07) is 1.35. The Morgan fingerprint density at radius 1 is 2.00 bits per heavy atom. The molecule has 32 valence electrons. The minimum absolute atomic E-state index is 0.170. The van der Waals surface area contributed by atoms with E-state index in [4.69, 9.17) is 11.0 Å². The lowest BCUT2D eigenvalue weighted by Crippen LogP contribution is -2.09. The summed E-state index contributed by atoms with van der Waals surface area (Å²) in [4.78, 5) is 9.69. The Kier molecular flexibility index (Phi) is 2.02. The van der Waals surface area contributed by atoms with Crippen molar-refractivity contribution < 1.29 is 4.79 Å². The predicted octanol–water partition coefficient (Wildman–Crippen LogP) is -0.962. The molecule has 0 saturated heterocycles. The van der Waals surface area contributed by atoms with Crippen molar-refractivity contribution in [2.45, 2.75) is 0 Å². The Bertz CT molecular complexity index is 91.5. The second-order valence-electron chi connectivity index (χ2n) is 0.739. The first-order valence-corrected chi connectivity index (χ1v) is 1.44. The molecule has 0 aromatic heterocycles. The van der Waals surface area contributed by atoms with Crippen molar-refractivity contribution in [2.24, 2.45) is 5.73 Å². The number of nitrogens with two attached hydrogens (primary N) is 1. The van der Waals surface area contributed by atoms with Gasteiger partial charge in [-0.1, -0.05) is 0 Å². The molecule has 0 radical (unpaired) electrons. The molecule has 0 aliphatic carbocycles. The molecule has 0 bridgehead atoms. The lowest BCUT2D eigenvalue weighted by Gasteiger charge is -1.69. The molecule has 0 aliphatic rings. The molecule has 6 heavy (non-hydrogen) atoms. The van der Waals surface area contributed by atoms with Crippen LogP contribution in [0.25, 0.3) is 0 Å². The van der Waals surface area contributed by atoms with Crippen molar-refractivity contribution in [2.75, 3.05) is 6.54 Å². The Balaban J connectivity index is 3.33. The molecular formula is C3H4N2O. The third kappa shape index (κ3) is 1.44. The normalized spacial score (nSPS) is 6.67. The summed E-state index contributed by atoms with van der Waals surface area (Å²) >= 11 is 0. The van der Waals surface area contributed by atoms with Crippen LogP contribution in [0.4, 0.5) is 0 Å². The molecule has 3 heteroatoms. The molecule has 0 rings (SSSR count). The predicted molar refractivity (Wildman–Crippen MR) is 19.7 cm³/mol. The van der Waals surface area contributed by atoms with Crippen molar-refractivity contribution in [3.8, 4) is 6.07 Å². The molecule has 0 saturated carbocycles. The van der Waals surface area contributed by atoms with E-state index in [1.54, 1.807) is 0 Å². The number of carbonyl (C=O) groups excluding carboxylic acids is 1. The summed E-state index contributed by atoms with van der Waals surface area (Å²) in [6.07, 6.45) is 0. The van der Waals surface area contributed by atoms with Crippen LogP contribution in [0, 0.1) is 11.3 Å². The van der Waals surface area contributed by atoms with Crippen LogP contribution in [0.2, 0.25) is 0 Å². The van der Waals surface area contributed by atoms with Gasteiger partial charge in [-0.15, -0.1) is 0 Å². The van der Waals surface area contributed by atoms with Gasteiger partial charge in [0.1, 0.15) is 6.07 Å². The third-order valence-corrected chi connectivity index (χ3v) is 0.310. The van der Waals surface area contributed by atoms with Crippen molar-refractivity contribution in [3.05, 3.63) is 0 Å². The zero-order valence-corrected chi connectivity index (χ0v) is 3.14. The lowest BCUT2D eigenvalue weighted by molar-refractivity contribution is -0.112. The second-order valence-corrected chi connectivity index (χ2v) is 0.739. The monoisotopic (exact) mass is 84.0 g/mol. The number of hydrogen-bond acceptors (Lipinski definition) is 3. The number of Topliss-reactive ketones (excluding diaryl/α,β-unsaturated/α-hetero) is 1. The molecule has 0 atom stereocenters. The summed E-state index contributed by atoms with van der Waals surface area (Å²) in [5.41, 5.74) is 4.71. The van der Waals surface area contributed by atoms with Crippen molar-refractivity contribution in [1.29, 1.82) is 5.26 Å². The van der Waals surface area contributed by atoms with E-state index in [9.17, 15) is 4.79 Å². The third-order valence-electron chi connectivity index (χ3n) is 0.310. The topological polar surface area (TPSA) is 66.9 Å². The van der Waals surface area contributed by atoms with E-state index in [0.717, 1.165) is 0 Å². The maximum absolute atomic E-state index is 9.69. The van der Waals surface area contributed by atoms with Crippen molar-refractivity contribution >= 4 is 5.78 Å². The minimum Gasteiger partial charge on any atom is -0.323 e. The quantitative estimate of drug-likeness (QED) is 0.416. The first-order valence-electron chi connectivity index (χ1n) is 1.44. The summed E-state index contributed by atoms with van der Waals surface area (Å²) in [6.45, 7) is -0.170. The summed E-state index contributed by atoms with van der Waals surface area (Å²) < 4.78 is 0. The Hall–Kier alpha value is -0.880. The van der Waals surface area contributed by atoms with Gasteiger partial charge in [0.2, 0.25) is 5.78 Å². The van der Waals surface area contributed by atoms with Crippen LogP contribution < -0.4 is 5.73 Å². The molecule has 0 unspecified atom stereocenters. The molecule has 3 nitrogen and oxygen atoms in total. The summed E-state index contributed by atoms with van der Waals surface area (Å²) in [5.74, 6) is -0.574. The molecule has 0 aromatic rings. The summed E-state index contributed by atoms with van der Waals surface area (Å²) in [5, 5.41) is 7.66. The maximum atomic E-state index is 9.69. The number of carbonyl (C=O) groups is 1. The van der Waals surface area contributed by atoms with Crippen LogP contribution in [0.15, 0.2) is 0 Å². The Morgan fingerprint density at radius 2 is 2.50 bits per heavy atom. The van der Waals surface area contributed by atoms with E-state index >= 15 is 0 Å². The van der Waals surface area contributed by atoms with Gasteiger partial charge in [0, 0.05) is 0 Å². The van der Waals surface area contributed by atoms with E-state index in [2.05, 4.69) is 0 Å². The van der Waals surface area contributed by atoms with Crippen LogP contribution in [-0.2, 0) is 4.79 Å². The molecule has 2 N–H and O–H groups in total. The van der Waals surface area contributed by atoms with Gasteiger partial charge in [-0.2, -0.15) is 5.26 Å². The number of hydrogen-bond donors (Lipinski definition) is 1. The zero-order valence-electron chi connectivity index (χ0n) is 3.14. The molecule has 0 aromatic carbocycles.